The predicted octanol–water partition coefficient (Wildman–Crippen LogP) is 8.72. The third kappa shape index (κ3) is 12.0. The summed E-state index contributed by atoms with van der Waals surface area (Å²) in [6.45, 7) is 19.6. The summed E-state index contributed by atoms with van der Waals surface area (Å²) >= 11 is 7.82. The highest BCUT2D eigenvalue weighted by Gasteiger charge is 2.64. The topological polar surface area (TPSA) is 177 Å². The van der Waals surface area contributed by atoms with Gasteiger partial charge in [0.25, 0.3) is 5.91 Å². The molecule has 2 aliphatic rings. The molecule has 3 amide bonds. The predicted molar refractivity (Wildman–Crippen MR) is 262 cm³/mol. The van der Waals surface area contributed by atoms with Gasteiger partial charge < -0.3 is 40.6 Å². The quantitative estimate of drug-likeness (QED) is 0.0327. The van der Waals surface area contributed by atoms with Crippen molar-refractivity contribution in [2.75, 3.05) is 32.1 Å². The van der Waals surface area contributed by atoms with Gasteiger partial charge >= 0.3 is 0 Å². The number of ether oxygens (including phenoxy) is 3. The van der Waals surface area contributed by atoms with Gasteiger partial charge in [-0.25, -0.2) is 4.98 Å². The molecule has 4 atom stereocenters. The lowest BCUT2D eigenvalue weighted by molar-refractivity contribution is -0.164. The maximum absolute atomic E-state index is 14.1. The molecule has 6 N–H and O–H groups in total. The minimum Gasteiger partial charge on any atom is -0.494 e. The maximum Gasteiger partial charge on any atom is 0.251 e. The van der Waals surface area contributed by atoms with Crippen molar-refractivity contribution in [3.8, 4) is 21.9 Å². The smallest absolute Gasteiger partial charge is 0.251 e. The number of aryl methyl sites for hydroxylation is 1. The van der Waals surface area contributed by atoms with Crippen LogP contribution in [0.1, 0.15) is 115 Å². The number of unbranched alkanes of at least 4 members (excludes halogenated alkanes) is 2. The third-order valence-corrected chi connectivity index (χ3v) is 14.3. The van der Waals surface area contributed by atoms with E-state index in [4.69, 9.17) is 31.5 Å². The summed E-state index contributed by atoms with van der Waals surface area (Å²) in [5, 5.41) is 20.9. The molecule has 1 aliphatic heterocycles. The zero-order chi connectivity index (χ0) is 48.0. The first-order valence-corrected chi connectivity index (χ1v) is 24.3. The van der Waals surface area contributed by atoms with Gasteiger partial charge in [-0.3, -0.25) is 19.7 Å². The van der Waals surface area contributed by atoms with E-state index in [1.165, 1.54) is 0 Å². The Hall–Kier alpha value is -4.73. The highest BCUT2D eigenvalue weighted by molar-refractivity contribution is 7.13. The van der Waals surface area contributed by atoms with E-state index in [1.807, 2.05) is 82.6 Å². The molecule has 0 radical (unpaired) electrons. The number of nitrogens with two attached hydrogens (primary N) is 1. The van der Waals surface area contributed by atoms with E-state index in [2.05, 4.69) is 48.6 Å². The standard InChI is InChI=1S/C51H69ClN6O7S/c1-31(33-15-17-34(18-16-33)42-32(2)54-30-66-42)55-45(61)40-14-13-25-58(40)46(62)43(49(3,4)5)56-41(59)29-63-26-11-10-12-27-64-36-21-19-35(20-22-36)44(60)57-47-50(6,7)48(51(47,8)9)65-37-23-24-39(53)38(52)28-37/h15-24,28,30-31,40-41,43,47-48,56,59H,10-14,25-27,29,53H2,1-9H3,(H,55,61)(H,57,60)/t31?,40-,41?,43?,47?,48?/m0/s1. The molecule has 66 heavy (non-hydrogen) atoms. The number of carbonyl (C=O) groups is 3. The SMILES string of the molecule is Cc1ncsc1-c1ccc(C(C)NC(=O)[C@@H]2CCCN2C(=O)C(NC(O)COCCCCCOc2ccc(C(=O)NC3C(C)(C)C(Oc4ccc(N)c(Cl)c4)C3(C)C)cc2)C(C)(C)C)cc1. The first kappa shape index (κ1) is 50.7. The minimum absolute atomic E-state index is 0.0160. The van der Waals surface area contributed by atoms with Gasteiger partial charge in [0.1, 0.15) is 29.9 Å². The number of aliphatic hydroxyl groups excluding tert-OH is 1. The van der Waals surface area contributed by atoms with Crippen molar-refractivity contribution in [2.24, 2.45) is 16.2 Å². The Morgan fingerprint density at radius 1 is 0.970 bits per heavy atom. The molecule has 1 aromatic heterocycles. The lowest BCUT2D eigenvalue weighted by Gasteiger charge is -2.63. The van der Waals surface area contributed by atoms with Crippen LogP contribution in [0.15, 0.2) is 72.2 Å². The van der Waals surface area contributed by atoms with Crippen LogP contribution >= 0.6 is 22.9 Å². The molecule has 1 saturated heterocycles. The van der Waals surface area contributed by atoms with Crippen molar-refractivity contribution < 1.29 is 33.7 Å². The van der Waals surface area contributed by atoms with Gasteiger partial charge in [-0.15, -0.1) is 11.3 Å². The molecule has 358 valence electrons. The van der Waals surface area contributed by atoms with Crippen LogP contribution in [0.2, 0.25) is 5.02 Å². The number of carbonyl (C=O) groups excluding carboxylic acids is 3. The third-order valence-electron chi connectivity index (χ3n) is 13.0. The molecule has 4 aromatic rings. The van der Waals surface area contributed by atoms with Crippen molar-refractivity contribution in [3.63, 3.8) is 0 Å². The average molecular weight is 946 g/mol. The molecule has 3 aromatic carbocycles. The molecule has 2 fully saturated rings. The molecular formula is C51H69ClN6O7S. The van der Waals surface area contributed by atoms with Gasteiger partial charge in [-0.2, -0.15) is 0 Å². The highest BCUT2D eigenvalue weighted by atomic mass is 35.5. The van der Waals surface area contributed by atoms with Crippen LogP contribution in [0.4, 0.5) is 5.69 Å². The Kier molecular flexibility index (Phi) is 16.5. The number of anilines is 1. The van der Waals surface area contributed by atoms with Gasteiger partial charge in [0.2, 0.25) is 11.8 Å². The van der Waals surface area contributed by atoms with E-state index < -0.39 is 23.7 Å². The Morgan fingerprint density at radius 3 is 2.27 bits per heavy atom. The first-order valence-electron chi connectivity index (χ1n) is 23.1. The van der Waals surface area contributed by atoms with E-state index in [9.17, 15) is 19.5 Å². The fraction of sp³-hybridized carbons (Fsp3) is 0.529. The van der Waals surface area contributed by atoms with Gasteiger partial charge in [0.05, 0.1) is 52.1 Å². The fourth-order valence-corrected chi connectivity index (χ4v) is 10.6. The Morgan fingerprint density at radius 2 is 1.64 bits per heavy atom. The number of nitrogens with one attached hydrogen (secondary N) is 3. The van der Waals surface area contributed by atoms with Gasteiger partial charge in [-0.05, 0) is 98.9 Å². The van der Waals surface area contributed by atoms with E-state index in [-0.39, 0.29) is 53.3 Å². The molecule has 15 heteroatoms. The first-order chi connectivity index (χ1) is 31.2. The van der Waals surface area contributed by atoms with E-state index in [0.717, 1.165) is 47.4 Å². The van der Waals surface area contributed by atoms with Gasteiger partial charge in [0.15, 0.2) is 0 Å². The molecule has 0 bridgehead atoms. The van der Waals surface area contributed by atoms with Crippen LogP contribution in [-0.2, 0) is 14.3 Å². The number of hydrogen-bond donors (Lipinski definition) is 5. The number of amides is 3. The summed E-state index contributed by atoms with van der Waals surface area (Å²) in [5.41, 5.74) is 10.6. The van der Waals surface area contributed by atoms with E-state index in [0.29, 0.717) is 54.0 Å². The number of nitrogen functional groups attached to an aromatic ring is 1. The number of halogens is 1. The average Bonchev–Trinajstić information content (AvgIpc) is 3.95. The number of aliphatic hydroxyl groups is 1. The number of likely N-dealkylation sites (tertiary alicyclic amines) is 1. The molecule has 6 rings (SSSR count). The van der Waals surface area contributed by atoms with Crippen LogP contribution < -0.4 is 31.2 Å². The van der Waals surface area contributed by atoms with E-state index in [1.54, 1.807) is 40.5 Å². The molecule has 13 nitrogen and oxygen atoms in total. The number of nitrogens with zero attached hydrogens (tertiary/aromatic N) is 2. The lowest BCUT2D eigenvalue weighted by atomic mass is 9.49. The fourth-order valence-electron chi connectivity index (χ4n) is 9.60. The highest BCUT2D eigenvalue weighted by Crippen LogP contribution is 2.55. The van der Waals surface area contributed by atoms with Crippen molar-refractivity contribution in [1.82, 2.24) is 25.8 Å². The van der Waals surface area contributed by atoms with Gasteiger partial charge in [-0.1, -0.05) is 84.3 Å². The van der Waals surface area contributed by atoms with E-state index >= 15 is 0 Å². The summed E-state index contributed by atoms with van der Waals surface area (Å²) in [6.07, 6.45) is 2.48. The Bertz CT molecular complexity index is 2260. The Balaban J connectivity index is 0.875. The van der Waals surface area contributed by atoms with Crippen LogP contribution in [0, 0.1) is 23.2 Å². The van der Waals surface area contributed by atoms with Crippen LogP contribution in [0.25, 0.3) is 10.4 Å². The van der Waals surface area contributed by atoms with Gasteiger partial charge in [0, 0.05) is 41.7 Å². The van der Waals surface area contributed by atoms with Crippen LogP contribution in [0.5, 0.6) is 11.5 Å². The number of benzene rings is 3. The number of aromatic nitrogens is 1. The number of thiazole rings is 1. The molecule has 1 aliphatic carbocycles. The molecule has 2 heterocycles. The summed E-state index contributed by atoms with van der Waals surface area (Å²) < 4.78 is 18.1. The molecule has 3 unspecified atom stereocenters. The maximum atomic E-state index is 14.1. The zero-order valence-electron chi connectivity index (χ0n) is 39.9. The van der Waals surface area contributed by atoms with Crippen LogP contribution in [0.3, 0.4) is 0 Å². The Labute approximate surface area is 399 Å². The number of hydrogen-bond acceptors (Lipinski definition) is 11. The summed E-state index contributed by atoms with van der Waals surface area (Å²) in [4.78, 5) is 48.1. The molecule has 0 spiro atoms. The van der Waals surface area contributed by atoms with Crippen molar-refractivity contribution >= 4 is 46.3 Å². The second-order valence-electron chi connectivity index (χ2n) is 20.0. The zero-order valence-corrected chi connectivity index (χ0v) is 41.5. The minimum atomic E-state index is -1.07. The second kappa shape index (κ2) is 21.5. The summed E-state index contributed by atoms with van der Waals surface area (Å²) in [7, 11) is 0. The lowest BCUT2D eigenvalue weighted by Crippen LogP contribution is -2.74. The van der Waals surface area contributed by atoms with Crippen molar-refractivity contribution in [1.29, 1.82) is 0 Å². The molecular weight excluding hydrogens is 876 g/mol. The molecule has 1 saturated carbocycles. The largest absolute Gasteiger partial charge is 0.494 e. The summed E-state index contributed by atoms with van der Waals surface area (Å²) in [5.74, 6) is 0.770. The van der Waals surface area contributed by atoms with Crippen molar-refractivity contribution in [2.45, 2.75) is 131 Å². The summed E-state index contributed by atoms with van der Waals surface area (Å²) in [6, 6.07) is 18.9. The normalized spacial score (nSPS) is 20.2. The number of rotatable bonds is 20. The monoisotopic (exact) mass is 944 g/mol. The van der Waals surface area contributed by atoms with Crippen molar-refractivity contribution in [3.05, 3.63) is 94.1 Å². The van der Waals surface area contributed by atoms with Crippen LogP contribution in [-0.4, -0.2) is 89.5 Å². The second-order valence-corrected chi connectivity index (χ2v) is 21.3.